The van der Waals surface area contributed by atoms with Gasteiger partial charge in [-0.25, -0.2) is 0 Å². The van der Waals surface area contributed by atoms with Crippen molar-refractivity contribution >= 4 is 41.0 Å². The second-order valence-electron chi connectivity index (χ2n) is 1.45. The summed E-state index contributed by atoms with van der Waals surface area (Å²) in [5.41, 5.74) is 0. The van der Waals surface area contributed by atoms with Crippen LogP contribution in [0.25, 0.3) is 6.20 Å². The number of nitrogens with zero attached hydrogens (tertiary/aromatic N) is 1. The Labute approximate surface area is 71.7 Å². The number of hydrogen-bond acceptors (Lipinski definition) is 1. The summed E-state index contributed by atoms with van der Waals surface area (Å²) in [6, 6.07) is 0. The van der Waals surface area contributed by atoms with Gasteiger partial charge in [-0.2, -0.15) is 0 Å². The van der Waals surface area contributed by atoms with Crippen LogP contribution >= 0.6 is 34.8 Å². The third-order valence-corrected chi connectivity index (χ3v) is 1.54. The van der Waals surface area contributed by atoms with Crippen molar-refractivity contribution in [2.75, 3.05) is 0 Å². The van der Waals surface area contributed by atoms with Crippen molar-refractivity contribution in [3.8, 4) is 0 Å². The Morgan fingerprint density at radius 3 is 3.00 bits per heavy atom. The second kappa shape index (κ2) is 3.17. The molecule has 4 heteroatoms. The highest BCUT2D eigenvalue weighted by Crippen LogP contribution is 1.93. The van der Waals surface area contributed by atoms with Gasteiger partial charge >= 0.3 is 0 Å². The summed E-state index contributed by atoms with van der Waals surface area (Å²) >= 11 is 7.05. The number of H-pyrrole nitrogens is 1. The largest absolute Gasteiger partial charge is 0.337 e. The van der Waals surface area contributed by atoms with Crippen molar-refractivity contribution in [2.45, 2.75) is 0 Å². The van der Waals surface area contributed by atoms with Crippen molar-refractivity contribution in [3.63, 3.8) is 0 Å². The van der Waals surface area contributed by atoms with E-state index in [0.717, 1.165) is 4.77 Å². The topological polar surface area (TPSA) is 20.7 Å². The van der Waals surface area contributed by atoms with Gasteiger partial charge in [0.05, 0.1) is 0 Å². The monoisotopic (exact) mass is 252 g/mol. The summed E-state index contributed by atoms with van der Waals surface area (Å²) in [6.45, 7) is 0. The molecule has 0 aliphatic heterocycles. The van der Waals surface area contributed by atoms with Crippen LogP contribution in [0.1, 0.15) is 0 Å². The molecule has 0 saturated heterocycles. The molecule has 0 aliphatic rings. The zero-order chi connectivity index (χ0) is 6.69. The van der Waals surface area contributed by atoms with E-state index in [1.165, 1.54) is 0 Å². The second-order valence-corrected chi connectivity index (χ2v) is 2.55. The van der Waals surface area contributed by atoms with Gasteiger partial charge in [0.15, 0.2) is 4.77 Å². The first-order valence-electron chi connectivity index (χ1n) is 2.37. The van der Waals surface area contributed by atoms with Gasteiger partial charge in [-0.3, -0.25) is 4.57 Å². The van der Waals surface area contributed by atoms with Crippen LogP contribution in [0.5, 0.6) is 0 Å². The number of aromatic nitrogens is 2. The Kier molecular flexibility index (Phi) is 2.47. The smallest absolute Gasteiger partial charge is 0.181 e. The van der Waals surface area contributed by atoms with Gasteiger partial charge in [-0.15, -0.1) is 0 Å². The lowest BCUT2D eigenvalue weighted by molar-refractivity contribution is 1.11. The van der Waals surface area contributed by atoms with Crippen LogP contribution in [0, 0.1) is 4.77 Å². The fraction of sp³-hybridized carbons (Fsp3) is 0. The number of aromatic amines is 1. The molecule has 9 heavy (non-hydrogen) atoms. The molecule has 0 radical (unpaired) electrons. The molecule has 1 N–H and O–H groups in total. The van der Waals surface area contributed by atoms with Gasteiger partial charge in [0.2, 0.25) is 0 Å². The normalized spacial score (nSPS) is 10.8. The van der Waals surface area contributed by atoms with Crippen molar-refractivity contribution in [2.24, 2.45) is 0 Å². The Hall–Kier alpha value is -0.100. The van der Waals surface area contributed by atoms with E-state index >= 15 is 0 Å². The van der Waals surface area contributed by atoms with Crippen molar-refractivity contribution in [1.29, 1.82) is 0 Å². The first-order chi connectivity index (χ1) is 4.34. The lowest BCUT2D eigenvalue weighted by Crippen LogP contribution is -1.79. The number of hydrogen-bond donors (Lipinski definition) is 1. The van der Waals surface area contributed by atoms with E-state index in [2.05, 4.69) is 27.6 Å². The lowest BCUT2D eigenvalue weighted by Gasteiger charge is -1.85. The maximum atomic E-state index is 4.90. The molecular formula is C5H5IN2S. The number of imidazole rings is 1. The van der Waals surface area contributed by atoms with Crippen molar-refractivity contribution < 1.29 is 0 Å². The van der Waals surface area contributed by atoms with E-state index in [0.29, 0.717) is 0 Å². The van der Waals surface area contributed by atoms with E-state index in [4.69, 9.17) is 12.2 Å². The minimum absolute atomic E-state index is 0.725. The summed E-state index contributed by atoms with van der Waals surface area (Å²) in [5, 5.41) is 0. The molecular weight excluding hydrogens is 247 g/mol. The quantitative estimate of drug-likeness (QED) is 0.601. The standard InChI is InChI=1S/C5H5IN2S/c6-1-3-8-4-2-7-5(8)9/h1-4H,(H,7,9)/b3-1-. The summed E-state index contributed by atoms with van der Waals surface area (Å²) in [6.07, 6.45) is 5.57. The van der Waals surface area contributed by atoms with E-state index in [1.54, 1.807) is 6.20 Å². The van der Waals surface area contributed by atoms with Crippen LogP contribution in [0.3, 0.4) is 0 Å². The first-order valence-corrected chi connectivity index (χ1v) is 4.02. The summed E-state index contributed by atoms with van der Waals surface area (Å²) in [7, 11) is 0. The third kappa shape index (κ3) is 1.65. The number of nitrogens with one attached hydrogen (secondary N) is 1. The van der Waals surface area contributed by atoms with Crippen LogP contribution in [-0.4, -0.2) is 9.55 Å². The lowest BCUT2D eigenvalue weighted by atomic mass is 10.9. The molecule has 1 heterocycles. The van der Waals surface area contributed by atoms with Gasteiger partial charge in [-0.1, -0.05) is 22.6 Å². The SMILES string of the molecule is S=c1[nH]ccn1/C=C\I. The molecule has 48 valence electrons. The van der Waals surface area contributed by atoms with E-state index in [1.807, 2.05) is 21.0 Å². The molecule has 0 unspecified atom stereocenters. The van der Waals surface area contributed by atoms with Crippen LogP contribution in [0.2, 0.25) is 0 Å². The fourth-order valence-electron chi connectivity index (χ4n) is 0.509. The Bertz CT molecular complexity index is 260. The average Bonchev–Trinajstić information content (AvgIpc) is 2.18. The molecule has 0 bridgehead atoms. The molecule has 0 amide bonds. The molecule has 1 aromatic heterocycles. The first kappa shape index (κ1) is 7.01. The van der Waals surface area contributed by atoms with Crippen molar-refractivity contribution in [1.82, 2.24) is 9.55 Å². The minimum atomic E-state index is 0.725. The molecule has 1 aromatic rings. The number of rotatable bonds is 1. The maximum absolute atomic E-state index is 4.90. The van der Waals surface area contributed by atoms with Gasteiger partial charge in [0.25, 0.3) is 0 Å². The Balaban J connectivity index is 3.08. The fourth-order valence-corrected chi connectivity index (χ4v) is 1.05. The van der Waals surface area contributed by atoms with E-state index in [9.17, 15) is 0 Å². The molecule has 0 fully saturated rings. The molecule has 1 rings (SSSR count). The average molecular weight is 252 g/mol. The molecule has 2 nitrogen and oxygen atoms in total. The van der Waals surface area contributed by atoms with Gasteiger partial charge < -0.3 is 4.98 Å². The predicted molar refractivity (Wildman–Crippen MR) is 49.0 cm³/mol. The highest BCUT2D eigenvalue weighted by molar-refractivity contribution is 14.1. The predicted octanol–water partition coefficient (Wildman–Crippen LogP) is 2.41. The van der Waals surface area contributed by atoms with E-state index in [-0.39, 0.29) is 0 Å². The highest BCUT2D eigenvalue weighted by Gasteiger charge is 1.81. The van der Waals surface area contributed by atoms with Crippen LogP contribution in [-0.2, 0) is 0 Å². The summed E-state index contributed by atoms with van der Waals surface area (Å²) in [4.78, 5) is 2.88. The van der Waals surface area contributed by atoms with Crippen LogP contribution in [0.15, 0.2) is 16.5 Å². The zero-order valence-electron chi connectivity index (χ0n) is 4.54. The third-order valence-electron chi connectivity index (χ3n) is 0.893. The van der Waals surface area contributed by atoms with Gasteiger partial charge in [-0.05, 0) is 16.3 Å². The zero-order valence-corrected chi connectivity index (χ0v) is 7.52. The molecule has 0 aliphatic carbocycles. The molecule has 0 aromatic carbocycles. The number of halogens is 1. The molecule has 0 saturated carbocycles. The summed E-state index contributed by atoms with van der Waals surface area (Å²) in [5.74, 6) is 0. The minimum Gasteiger partial charge on any atom is -0.337 e. The van der Waals surface area contributed by atoms with Crippen LogP contribution in [0.4, 0.5) is 0 Å². The van der Waals surface area contributed by atoms with Gasteiger partial charge in [0, 0.05) is 18.6 Å². The van der Waals surface area contributed by atoms with Gasteiger partial charge in [0.1, 0.15) is 0 Å². The van der Waals surface area contributed by atoms with E-state index < -0.39 is 0 Å². The summed E-state index contributed by atoms with van der Waals surface area (Å²) < 4.78 is 4.46. The van der Waals surface area contributed by atoms with Crippen molar-refractivity contribution in [3.05, 3.63) is 21.2 Å². The highest BCUT2D eigenvalue weighted by atomic mass is 127. The Morgan fingerprint density at radius 2 is 2.56 bits per heavy atom. The van der Waals surface area contributed by atoms with Crippen LogP contribution < -0.4 is 0 Å². The maximum Gasteiger partial charge on any atom is 0.181 e. The molecule has 0 atom stereocenters. The molecule has 0 spiro atoms. The Morgan fingerprint density at radius 1 is 1.78 bits per heavy atom.